The zero-order chi connectivity index (χ0) is 16.3. The van der Waals surface area contributed by atoms with Crippen molar-refractivity contribution in [2.24, 2.45) is 0 Å². The van der Waals surface area contributed by atoms with Crippen molar-refractivity contribution in [1.82, 2.24) is 10.2 Å². The molecule has 1 atom stereocenters. The van der Waals surface area contributed by atoms with Crippen molar-refractivity contribution in [2.45, 2.75) is 44.9 Å². The molecule has 0 radical (unpaired) electrons. The lowest BCUT2D eigenvalue weighted by atomic mass is 9.99. The predicted molar refractivity (Wildman–Crippen MR) is 78.3 cm³/mol. The van der Waals surface area contributed by atoms with E-state index in [4.69, 9.17) is 0 Å². The van der Waals surface area contributed by atoms with Gasteiger partial charge < -0.3 is 5.32 Å². The van der Waals surface area contributed by atoms with Gasteiger partial charge in [0.05, 0.1) is 5.56 Å². The van der Waals surface area contributed by atoms with Gasteiger partial charge in [0.2, 0.25) is 5.91 Å². The summed E-state index contributed by atoms with van der Waals surface area (Å²) in [4.78, 5) is 13.3. The highest BCUT2D eigenvalue weighted by molar-refractivity contribution is 5.73. The molecular weight excluding hydrogens is 293 g/mol. The number of carbonyl (C=O) groups is 1. The standard InChI is InChI=1S/C16H21F3N2O/c1-11(13-3-5-14(6-4-13)16(17,18)19)21-9-7-15(8-10-21)20-12(2)22/h3-6,11,15H,7-10H2,1-2H3,(H,20,22). The quantitative estimate of drug-likeness (QED) is 0.928. The highest BCUT2D eigenvalue weighted by Crippen LogP contribution is 2.31. The fourth-order valence-corrected chi connectivity index (χ4v) is 2.88. The van der Waals surface area contributed by atoms with Gasteiger partial charge in [0.25, 0.3) is 0 Å². The zero-order valence-electron chi connectivity index (χ0n) is 12.8. The van der Waals surface area contributed by atoms with Gasteiger partial charge in [0.1, 0.15) is 0 Å². The number of rotatable bonds is 3. The molecule has 0 saturated carbocycles. The molecule has 22 heavy (non-hydrogen) atoms. The van der Waals surface area contributed by atoms with Crippen LogP contribution in [-0.4, -0.2) is 29.9 Å². The number of alkyl halides is 3. The van der Waals surface area contributed by atoms with Gasteiger partial charge in [0.15, 0.2) is 0 Å². The molecule has 3 nitrogen and oxygen atoms in total. The van der Waals surface area contributed by atoms with Crippen LogP contribution in [-0.2, 0) is 11.0 Å². The first kappa shape index (κ1) is 16.8. The van der Waals surface area contributed by atoms with E-state index in [2.05, 4.69) is 10.2 Å². The molecule has 0 spiro atoms. The summed E-state index contributed by atoms with van der Waals surface area (Å²) in [6, 6.07) is 5.64. The summed E-state index contributed by atoms with van der Waals surface area (Å²) in [5.41, 5.74) is 0.263. The van der Waals surface area contributed by atoms with Crippen LogP contribution in [0.15, 0.2) is 24.3 Å². The van der Waals surface area contributed by atoms with Crippen molar-refractivity contribution >= 4 is 5.91 Å². The first-order chi connectivity index (χ1) is 10.3. The lowest BCUT2D eigenvalue weighted by Crippen LogP contribution is -2.44. The van der Waals surface area contributed by atoms with E-state index >= 15 is 0 Å². The van der Waals surface area contributed by atoms with E-state index in [0.717, 1.165) is 43.6 Å². The van der Waals surface area contributed by atoms with Gasteiger partial charge in [-0.05, 0) is 37.5 Å². The van der Waals surface area contributed by atoms with Gasteiger partial charge in [-0.3, -0.25) is 9.69 Å². The Bertz CT molecular complexity index is 505. The van der Waals surface area contributed by atoms with Crippen LogP contribution in [0.1, 0.15) is 43.9 Å². The molecule has 1 aliphatic heterocycles. The predicted octanol–water partition coefficient (Wildman–Crippen LogP) is 3.37. The van der Waals surface area contributed by atoms with Crippen LogP contribution < -0.4 is 5.32 Å². The van der Waals surface area contributed by atoms with Crippen LogP contribution in [0.2, 0.25) is 0 Å². The Morgan fingerprint density at radius 2 is 1.77 bits per heavy atom. The molecule has 1 aromatic rings. The third kappa shape index (κ3) is 4.22. The summed E-state index contributed by atoms with van der Waals surface area (Å²) < 4.78 is 37.7. The first-order valence-electron chi connectivity index (χ1n) is 7.45. The van der Waals surface area contributed by atoms with Crippen LogP contribution in [0.4, 0.5) is 13.2 Å². The fraction of sp³-hybridized carbons (Fsp3) is 0.562. The van der Waals surface area contributed by atoms with Gasteiger partial charge in [-0.25, -0.2) is 0 Å². The van der Waals surface area contributed by atoms with Gasteiger partial charge in [-0.15, -0.1) is 0 Å². The van der Waals surface area contributed by atoms with E-state index in [1.807, 2.05) is 6.92 Å². The van der Waals surface area contributed by atoms with Crippen LogP contribution in [0.25, 0.3) is 0 Å². The number of carbonyl (C=O) groups excluding carboxylic acids is 1. The maximum atomic E-state index is 12.6. The molecule has 6 heteroatoms. The minimum absolute atomic E-state index is 0.0192. The molecule has 1 saturated heterocycles. The third-order valence-electron chi connectivity index (χ3n) is 4.21. The number of nitrogens with one attached hydrogen (secondary N) is 1. The Kier molecular flexibility index (Phi) is 5.11. The molecule has 0 bridgehead atoms. The first-order valence-corrected chi connectivity index (χ1v) is 7.45. The van der Waals surface area contributed by atoms with E-state index in [1.54, 1.807) is 12.1 Å². The molecule has 1 fully saturated rings. The van der Waals surface area contributed by atoms with E-state index in [1.165, 1.54) is 6.92 Å². The summed E-state index contributed by atoms with van der Waals surface area (Å²) in [7, 11) is 0. The molecule has 1 heterocycles. The number of benzene rings is 1. The van der Waals surface area contributed by atoms with Crippen LogP contribution in [0, 0.1) is 0 Å². The smallest absolute Gasteiger partial charge is 0.354 e. The Morgan fingerprint density at radius 3 is 2.23 bits per heavy atom. The third-order valence-corrected chi connectivity index (χ3v) is 4.21. The van der Waals surface area contributed by atoms with Gasteiger partial charge >= 0.3 is 6.18 Å². The molecule has 1 unspecified atom stereocenters. The zero-order valence-corrected chi connectivity index (χ0v) is 12.8. The number of nitrogens with zero attached hydrogens (tertiary/aromatic N) is 1. The highest BCUT2D eigenvalue weighted by atomic mass is 19.4. The summed E-state index contributed by atoms with van der Waals surface area (Å²) in [6.45, 7) is 5.17. The SMILES string of the molecule is CC(=O)NC1CCN(C(C)c2ccc(C(F)(F)F)cc2)CC1. The van der Waals surface area contributed by atoms with Crippen molar-refractivity contribution in [1.29, 1.82) is 0 Å². The van der Waals surface area contributed by atoms with Crippen molar-refractivity contribution in [3.63, 3.8) is 0 Å². The number of likely N-dealkylation sites (tertiary alicyclic amines) is 1. The molecule has 1 aliphatic rings. The molecule has 1 N–H and O–H groups in total. The Balaban J connectivity index is 1.95. The monoisotopic (exact) mass is 314 g/mol. The number of amides is 1. The molecule has 0 aromatic heterocycles. The average molecular weight is 314 g/mol. The van der Waals surface area contributed by atoms with E-state index < -0.39 is 11.7 Å². The average Bonchev–Trinajstić information content (AvgIpc) is 2.46. The fourth-order valence-electron chi connectivity index (χ4n) is 2.88. The van der Waals surface area contributed by atoms with Gasteiger partial charge in [-0.2, -0.15) is 13.2 Å². The molecule has 1 aromatic carbocycles. The van der Waals surface area contributed by atoms with E-state index in [0.29, 0.717) is 0 Å². The summed E-state index contributed by atoms with van der Waals surface area (Å²) in [5, 5.41) is 2.91. The number of hydrogen-bond acceptors (Lipinski definition) is 2. The Hall–Kier alpha value is -1.56. The Labute approximate surface area is 128 Å². The maximum Gasteiger partial charge on any atom is 0.416 e. The number of hydrogen-bond donors (Lipinski definition) is 1. The second kappa shape index (κ2) is 6.69. The maximum absolute atomic E-state index is 12.6. The lowest BCUT2D eigenvalue weighted by Gasteiger charge is -2.36. The molecule has 1 amide bonds. The molecule has 2 rings (SSSR count). The van der Waals surface area contributed by atoms with Crippen molar-refractivity contribution in [3.8, 4) is 0 Å². The van der Waals surface area contributed by atoms with Gasteiger partial charge in [-0.1, -0.05) is 12.1 Å². The Morgan fingerprint density at radius 1 is 1.23 bits per heavy atom. The van der Waals surface area contributed by atoms with Crippen molar-refractivity contribution in [2.75, 3.05) is 13.1 Å². The molecular formula is C16H21F3N2O. The number of halogens is 3. The topological polar surface area (TPSA) is 32.3 Å². The lowest BCUT2D eigenvalue weighted by molar-refractivity contribution is -0.137. The van der Waals surface area contributed by atoms with Crippen LogP contribution in [0.3, 0.4) is 0 Å². The summed E-state index contributed by atoms with van der Waals surface area (Å²) >= 11 is 0. The second-order valence-electron chi connectivity index (χ2n) is 5.81. The van der Waals surface area contributed by atoms with Crippen LogP contribution >= 0.6 is 0 Å². The van der Waals surface area contributed by atoms with E-state index in [-0.39, 0.29) is 18.0 Å². The molecule has 0 aliphatic carbocycles. The van der Waals surface area contributed by atoms with Crippen molar-refractivity contribution < 1.29 is 18.0 Å². The molecule has 122 valence electrons. The second-order valence-corrected chi connectivity index (χ2v) is 5.81. The highest BCUT2D eigenvalue weighted by Gasteiger charge is 2.30. The minimum atomic E-state index is -4.29. The minimum Gasteiger partial charge on any atom is -0.354 e. The normalized spacial score (nSPS) is 19.0. The van der Waals surface area contributed by atoms with Crippen molar-refractivity contribution in [3.05, 3.63) is 35.4 Å². The largest absolute Gasteiger partial charge is 0.416 e. The van der Waals surface area contributed by atoms with Crippen LogP contribution in [0.5, 0.6) is 0 Å². The summed E-state index contributed by atoms with van der Waals surface area (Å²) in [6.07, 6.45) is -2.56. The van der Waals surface area contributed by atoms with Gasteiger partial charge in [0, 0.05) is 32.1 Å². The number of piperidine rings is 1. The van der Waals surface area contributed by atoms with E-state index in [9.17, 15) is 18.0 Å². The summed E-state index contributed by atoms with van der Waals surface area (Å²) in [5.74, 6) is -0.0192.